The molecular formula is C9H13F7O3. The Hall–Kier alpha value is -0.610. The van der Waals surface area contributed by atoms with Crippen LogP contribution in [0, 0.1) is 0 Å². The molecule has 0 aromatic rings. The summed E-state index contributed by atoms with van der Waals surface area (Å²) < 4.78 is 95.6. The van der Waals surface area contributed by atoms with E-state index in [2.05, 4.69) is 9.47 Å². The maximum absolute atomic E-state index is 13.7. The van der Waals surface area contributed by atoms with Crippen LogP contribution in [0.1, 0.15) is 20.3 Å². The van der Waals surface area contributed by atoms with Crippen LogP contribution in [0.25, 0.3) is 0 Å². The molecule has 0 bridgehead atoms. The fraction of sp³-hybridized carbons (Fsp3) is 1.00. The van der Waals surface area contributed by atoms with Gasteiger partial charge in [0.2, 0.25) is 6.36 Å². The van der Waals surface area contributed by atoms with Crippen LogP contribution < -0.4 is 0 Å². The molecule has 0 spiro atoms. The number of rotatable bonds is 7. The van der Waals surface area contributed by atoms with E-state index in [0.29, 0.717) is 6.92 Å². The van der Waals surface area contributed by atoms with E-state index >= 15 is 0 Å². The van der Waals surface area contributed by atoms with Crippen molar-refractivity contribution in [1.82, 2.24) is 0 Å². The lowest BCUT2D eigenvalue weighted by Gasteiger charge is -2.35. The van der Waals surface area contributed by atoms with Crippen molar-refractivity contribution in [1.29, 1.82) is 0 Å². The Morgan fingerprint density at radius 2 is 1.58 bits per heavy atom. The zero-order valence-corrected chi connectivity index (χ0v) is 9.98. The normalized spacial score (nSPS) is 19.9. The van der Waals surface area contributed by atoms with Gasteiger partial charge in [0.25, 0.3) is 0 Å². The van der Waals surface area contributed by atoms with Crippen LogP contribution in [0.15, 0.2) is 0 Å². The summed E-state index contributed by atoms with van der Waals surface area (Å²) in [6, 6.07) is -4.92. The van der Waals surface area contributed by atoms with Gasteiger partial charge in [-0.3, -0.25) is 0 Å². The van der Waals surface area contributed by atoms with Crippen molar-refractivity contribution in [3.8, 4) is 0 Å². The van der Waals surface area contributed by atoms with Crippen molar-refractivity contribution in [3.05, 3.63) is 0 Å². The highest BCUT2D eigenvalue weighted by Crippen LogP contribution is 2.47. The smallest absolute Gasteiger partial charge is 0.362 e. The summed E-state index contributed by atoms with van der Waals surface area (Å²) in [5.74, 6) is -6.03. The number of alkyl halides is 7. The van der Waals surface area contributed by atoms with Crippen molar-refractivity contribution in [3.63, 3.8) is 0 Å². The average Bonchev–Trinajstić information content (AvgIpc) is 2.24. The highest BCUT2D eigenvalue weighted by atomic mass is 19.4. The molecule has 0 aliphatic carbocycles. The number of hydrogen-bond acceptors (Lipinski definition) is 3. The lowest BCUT2D eigenvalue weighted by molar-refractivity contribution is -0.471. The molecule has 3 unspecified atom stereocenters. The Labute approximate surface area is 104 Å². The van der Waals surface area contributed by atoms with Crippen LogP contribution in [-0.4, -0.2) is 42.3 Å². The number of halogens is 7. The predicted molar refractivity (Wildman–Crippen MR) is 48.7 cm³/mol. The molecule has 116 valence electrons. The topological polar surface area (TPSA) is 38.7 Å². The second kappa shape index (κ2) is 6.23. The first kappa shape index (κ1) is 18.4. The fourth-order valence-corrected chi connectivity index (χ4v) is 0.897. The summed E-state index contributed by atoms with van der Waals surface area (Å²) in [4.78, 5) is 0. The second-order valence-corrected chi connectivity index (χ2v) is 3.65. The maximum Gasteiger partial charge on any atom is 0.462 e. The third-order valence-corrected chi connectivity index (χ3v) is 1.95. The zero-order valence-electron chi connectivity index (χ0n) is 9.98. The minimum Gasteiger partial charge on any atom is -0.362 e. The predicted octanol–water partition coefficient (Wildman–Crippen LogP) is 2.93. The van der Waals surface area contributed by atoms with E-state index in [-0.39, 0.29) is 6.42 Å². The second-order valence-electron chi connectivity index (χ2n) is 3.65. The van der Waals surface area contributed by atoms with Gasteiger partial charge in [-0.05, 0) is 13.3 Å². The van der Waals surface area contributed by atoms with Gasteiger partial charge in [0.05, 0.1) is 6.61 Å². The summed E-state index contributed by atoms with van der Waals surface area (Å²) in [7, 11) is 0. The molecular weight excluding hydrogens is 289 g/mol. The van der Waals surface area contributed by atoms with Gasteiger partial charge in [0.1, 0.15) is 6.10 Å². The number of ether oxygens (including phenoxy) is 2. The Kier molecular flexibility index (Phi) is 6.03. The average molecular weight is 302 g/mol. The largest absolute Gasteiger partial charge is 0.462 e. The first-order chi connectivity index (χ1) is 8.39. The lowest BCUT2D eigenvalue weighted by atomic mass is 10.2. The van der Waals surface area contributed by atoms with E-state index in [1.807, 2.05) is 0 Å². The van der Waals surface area contributed by atoms with E-state index < -0.39 is 37.2 Å². The molecule has 0 saturated heterocycles. The number of hydrogen-bond donors (Lipinski definition) is 1. The SMILES string of the molecule is CCCOC(F)(OC(C)C(O)F)C(F)(F)C(F)(F)F. The summed E-state index contributed by atoms with van der Waals surface area (Å²) in [5.41, 5.74) is 0. The number of aliphatic hydroxyl groups is 1. The third kappa shape index (κ3) is 4.18. The fourth-order valence-electron chi connectivity index (χ4n) is 0.897. The van der Waals surface area contributed by atoms with Gasteiger partial charge in [-0.1, -0.05) is 6.92 Å². The molecule has 0 rings (SSSR count). The molecule has 19 heavy (non-hydrogen) atoms. The van der Waals surface area contributed by atoms with Gasteiger partial charge >= 0.3 is 18.1 Å². The van der Waals surface area contributed by atoms with Crippen LogP contribution >= 0.6 is 0 Å². The van der Waals surface area contributed by atoms with Crippen LogP contribution in [0.3, 0.4) is 0 Å². The summed E-state index contributed by atoms with van der Waals surface area (Å²) in [5, 5.41) is 8.34. The zero-order chi connectivity index (χ0) is 15.5. The van der Waals surface area contributed by atoms with Crippen LogP contribution in [0.4, 0.5) is 30.7 Å². The molecule has 0 amide bonds. The number of aliphatic hydroxyl groups excluding tert-OH is 1. The van der Waals surface area contributed by atoms with E-state index in [1.165, 1.54) is 6.92 Å². The quantitative estimate of drug-likeness (QED) is 0.580. The minimum atomic E-state index is -6.31. The Balaban J connectivity index is 5.28. The van der Waals surface area contributed by atoms with Crippen molar-refractivity contribution >= 4 is 0 Å². The molecule has 0 fully saturated rings. The molecule has 0 aliphatic heterocycles. The molecule has 1 N–H and O–H groups in total. The van der Waals surface area contributed by atoms with Crippen molar-refractivity contribution < 1.29 is 45.3 Å². The summed E-state index contributed by atoms with van der Waals surface area (Å²) in [6.45, 7) is 1.07. The highest BCUT2D eigenvalue weighted by molar-refractivity contribution is 4.86. The van der Waals surface area contributed by atoms with E-state index in [9.17, 15) is 30.7 Å². The van der Waals surface area contributed by atoms with Crippen molar-refractivity contribution in [2.24, 2.45) is 0 Å². The molecule has 3 nitrogen and oxygen atoms in total. The first-order valence-electron chi connectivity index (χ1n) is 5.16. The highest BCUT2D eigenvalue weighted by Gasteiger charge is 2.75. The molecule has 0 heterocycles. The van der Waals surface area contributed by atoms with Crippen molar-refractivity contribution in [2.75, 3.05) is 6.61 Å². The molecule has 3 atom stereocenters. The van der Waals surface area contributed by atoms with Gasteiger partial charge in [-0.2, -0.15) is 26.3 Å². The Morgan fingerprint density at radius 1 is 1.11 bits per heavy atom. The molecule has 0 aromatic carbocycles. The molecule has 0 aromatic heterocycles. The van der Waals surface area contributed by atoms with Gasteiger partial charge in [0, 0.05) is 0 Å². The molecule has 10 heteroatoms. The first-order valence-corrected chi connectivity index (χ1v) is 5.16. The van der Waals surface area contributed by atoms with Crippen LogP contribution in [-0.2, 0) is 9.47 Å². The Bertz CT molecular complexity index is 281. The maximum atomic E-state index is 13.7. The van der Waals surface area contributed by atoms with Crippen LogP contribution in [0.5, 0.6) is 0 Å². The van der Waals surface area contributed by atoms with E-state index in [4.69, 9.17) is 5.11 Å². The lowest BCUT2D eigenvalue weighted by Crippen LogP contribution is -2.59. The van der Waals surface area contributed by atoms with E-state index in [0.717, 1.165) is 0 Å². The summed E-state index contributed by atoms with van der Waals surface area (Å²) in [6.07, 6.45) is -11.6. The van der Waals surface area contributed by atoms with Gasteiger partial charge in [-0.15, -0.1) is 0 Å². The summed E-state index contributed by atoms with van der Waals surface area (Å²) >= 11 is 0. The van der Waals surface area contributed by atoms with Crippen molar-refractivity contribution in [2.45, 2.75) is 50.9 Å². The minimum absolute atomic E-state index is 0.0878. The molecule has 0 radical (unpaired) electrons. The standard InChI is InChI=1S/C9H13F7O3/c1-3-4-18-9(16,19-5(2)6(10)17)7(11,12)8(13,14)15/h5-6,17H,3-4H2,1-2H3. The Morgan fingerprint density at radius 3 is 1.89 bits per heavy atom. The van der Waals surface area contributed by atoms with Gasteiger partial charge < -0.3 is 14.6 Å². The van der Waals surface area contributed by atoms with E-state index in [1.54, 1.807) is 0 Å². The molecule has 0 aliphatic rings. The molecule has 0 saturated carbocycles. The third-order valence-electron chi connectivity index (χ3n) is 1.95. The van der Waals surface area contributed by atoms with Gasteiger partial charge in [0.15, 0.2) is 0 Å². The van der Waals surface area contributed by atoms with Crippen LogP contribution in [0.2, 0.25) is 0 Å². The van der Waals surface area contributed by atoms with Gasteiger partial charge in [-0.25, -0.2) is 4.39 Å². The monoisotopic (exact) mass is 302 g/mol.